The van der Waals surface area contributed by atoms with Gasteiger partial charge in [0.15, 0.2) is 0 Å². The summed E-state index contributed by atoms with van der Waals surface area (Å²) in [5, 5.41) is 12.0. The number of hydrogen-bond acceptors (Lipinski definition) is 3. The fourth-order valence-corrected chi connectivity index (χ4v) is 2.79. The maximum atomic E-state index is 13.4. The highest BCUT2D eigenvalue weighted by molar-refractivity contribution is 7.81. The quantitative estimate of drug-likeness (QED) is 0.747. The highest BCUT2D eigenvalue weighted by Crippen LogP contribution is 2.21. The molecule has 2 N–H and O–H groups in total. The highest BCUT2D eigenvalue weighted by Gasteiger charge is 2.33. The van der Waals surface area contributed by atoms with Crippen LogP contribution in [0.25, 0.3) is 0 Å². The predicted molar refractivity (Wildman–Crippen MR) is 74.0 cm³/mol. The van der Waals surface area contributed by atoms with Crippen LogP contribution >= 0.6 is 12.6 Å². The third kappa shape index (κ3) is 3.61. The lowest BCUT2D eigenvalue weighted by molar-refractivity contribution is 0.139. The summed E-state index contributed by atoms with van der Waals surface area (Å²) in [6.45, 7) is 0.934. The molecule has 1 aromatic rings. The van der Waals surface area contributed by atoms with Gasteiger partial charge in [-0.15, -0.1) is 0 Å². The maximum Gasteiger partial charge on any atom is 0.407 e. The molecule has 2 rings (SSSR count). The zero-order valence-corrected chi connectivity index (χ0v) is 11.6. The van der Waals surface area contributed by atoms with Crippen molar-refractivity contribution in [2.24, 2.45) is 0 Å². The third-order valence-electron chi connectivity index (χ3n) is 3.34. The summed E-state index contributed by atoms with van der Waals surface area (Å²) in [5.74, 6) is -0.973. The van der Waals surface area contributed by atoms with Crippen LogP contribution in [0.1, 0.15) is 12.0 Å². The Hall–Kier alpha value is -1.34. The van der Waals surface area contributed by atoms with E-state index in [0.717, 1.165) is 18.2 Å². The monoisotopic (exact) mass is 302 g/mol. The number of halogens is 2. The second-order valence-corrected chi connectivity index (χ2v) is 5.58. The largest absolute Gasteiger partial charge is 0.465 e. The summed E-state index contributed by atoms with van der Waals surface area (Å²) in [6.07, 6.45) is -0.334. The first-order chi connectivity index (χ1) is 9.47. The number of carbonyl (C=O) groups is 1. The number of rotatable bonds is 4. The van der Waals surface area contributed by atoms with Crippen molar-refractivity contribution in [3.05, 3.63) is 35.4 Å². The van der Waals surface area contributed by atoms with E-state index < -0.39 is 17.7 Å². The fraction of sp³-hybridized carbons (Fsp3) is 0.462. The number of nitrogens with one attached hydrogen (secondary N) is 1. The van der Waals surface area contributed by atoms with Crippen LogP contribution in [-0.2, 0) is 6.54 Å². The van der Waals surface area contributed by atoms with E-state index in [9.17, 15) is 13.6 Å². The molecule has 1 aliphatic heterocycles. The molecular formula is C13H16F2N2O2S. The summed E-state index contributed by atoms with van der Waals surface area (Å²) >= 11 is 4.29. The summed E-state index contributed by atoms with van der Waals surface area (Å²) in [7, 11) is 0. The molecule has 2 atom stereocenters. The summed E-state index contributed by atoms with van der Waals surface area (Å²) in [6, 6.07) is 3.09. The maximum absolute atomic E-state index is 13.4. The van der Waals surface area contributed by atoms with Gasteiger partial charge in [-0.05, 0) is 24.6 Å². The van der Waals surface area contributed by atoms with Crippen LogP contribution < -0.4 is 5.32 Å². The molecule has 1 amide bonds. The third-order valence-corrected chi connectivity index (χ3v) is 3.72. The lowest BCUT2D eigenvalue weighted by Crippen LogP contribution is -2.40. The van der Waals surface area contributed by atoms with Crippen molar-refractivity contribution in [2.45, 2.75) is 24.3 Å². The van der Waals surface area contributed by atoms with E-state index in [0.29, 0.717) is 19.5 Å². The van der Waals surface area contributed by atoms with E-state index in [1.165, 1.54) is 4.90 Å². The Morgan fingerprint density at radius 3 is 2.95 bits per heavy atom. The van der Waals surface area contributed by atoms with Gasteiger partial charge in [0.1, 0.15) is 11.6 Å². The molecular weight excluding hydrogens is 286 g/mol. The average molecular weight is 302 g/mol. The first-order valence-electron chi connectivity index (χ1n) is 6.29. The second-order valence-electron chi connectivity index (χ2n) is 4.84. The SMILES string of the molecule is O=C(O)N1C[C@H](S)C[C@H]1CNCc1cc(F)ccc1F. The Balaban J connectivity index is 1.89. The fourth-order valence-electron chi connectivity index (χ4n) is 2.37. The summed E-state index contributed by atoms with van der Waals surface area (Å²) < 4.78 is 26.4. The highest BCUT2D eigenvalue weighted by atomic mass is 32.1. The van der Waals surface area contributed by atoms with Crippen molar-refractivity contribution in [2.75, 3.05) is 13.1 Å². The van der Waals surface area contributed by atoms with Crippen molar-refractivity contribution in [3.8, 4) is 0 Å². The topological polar surface area (TPSA) is 52.6 Å². The van der Waals surface area contributed by atoms with Crippen molar-refractivity contribution in [1.29, 1.82) is 0 Å². The number of carboxylic acid groups (broad SMARTS) is 1. The molecule has 1 fully saturated rings. The Bertz CT molecular complexity index is 501. The molecule has 110 valence electrons. The van der Waals surface area contributed by atoms with E-state index in [-0.39, 0.29) is 23.4 Å². The molecule has 0 aromatic heterocycles. The minimum Gasteiger partial charge on any atom is -0.465 e. The molecule has 1 aliphatic rings. The van der Waals surface area contributed by atoms with E-state index in [2.05, 4.69) is 17.9 Å². The van der Waals surface area contributed by atoms with E-state index in [1.807, 2.05) is 0 Å². The van der Waals surface area contributed by atoms with Crippen molar-refractivity contribution < 1.29 is 18.7 Å². The smallest absolute Gasteiger partial charge is 0.407 e. The van der Waals surface area contributed by atoms with E-state index >= 15 is 0 Å². The minimum absolute atomic E-state index is 0.0174. The molecule has 0 saturated carbocycles. The molecule has 0 unspecified atom stereocenters. The number of thiol groups is 1. The van der Waals surface area contributed by atoms with Gasteiger partial charge in [-0.2, -0.15) is 12.6 Å². The number of benzene rings is 1. The average Bonchev–Trinajstić information content (AvgIpc) is 2.75. The normalized spacial score (nSPS) is 22.2. The number of amides is 1. The number of nitrogens with zero attached hydrogens (tertiary/aromatic N) is 1. The molecule has 4 nitrogen and oxygen atoms in total. The molecule has 0 radical (unpaired) electrons. The molecule has 0 aliphatic carbocycles. The van der Waals surface area contributed by atoms with Crippen LogP contribution in [0.3, 0.4) is 0 Å². The van der Waals surface area contributed by atoms with E-state index in [1.54, 1.807) is 0 Å². The first kappa shape index (κ1) is 15.1. The molecule has 1 aromatic carbocycles. The van der Waals surface area contributed by atoms with Gasteiger partial charge in [-0.25, -0.2) is 13.6 Å². The van der Waals surface area contributed by atoms with Crippen molar-refractivity contribution in [1.82, 2.24) is 10.2 Å². The lowest BCUT2D eigenvalue weighted by Gasteiger charge is -2.21. The lowest BCUT2D eigenvalue weighted by atomic mass is 10.2. The number of hydrogen-bond donors (Lipinski definition) is 3. The van der Waals surface area contributed by atoms with Gasteiger partial charge < -0.3 is 15.3 Å². The number of likely N-dealkylation sites (tertiary alicyclic amines) is 1. The van der Waals surface area contributed by atoms with Crippen LogP contribution in [0.4, 0.5) is 13.6 Å². The van der Waals surface area contributed by atoms with Crippen LogP contribution in [-0.4, -0.2) is 40.5 Å². The zero-order chi connectivity index (χ0) is 14.7. The van der Waals surface area contributed by atoms with Gasteiger partial charge in [0.2, 0.25) is 0 Å². The van der Waals surface area contributed by atoms with Crippen LogP contribution in [0, 0.1) is 11.6 Å². The first-order valence-corrected chi connectivity index (χ1v) is 6.81. The van der Waals surface area contributed by atoms with Gasteiger partial charge in [0.25, 0.3) is 0 Å². The molecule has 1 saturated heterocycles. The molecule has 0 bridgehead atoms. The van der Waals surface area contributed by atoms with Gasteiger partial charge in [-0.3, -0.25) is 0 Å². The molecule has 1 heterocycles. The van der Waals surface area contributed by atoms with Gasteiger partial charge in [0, 0.05) is 36.5 Å². The standard InChI is InChI=1S/C13H16F2N2O2S/c14-9-1-2-12(15)8(3-9)5-16-6-10-4-11(20)7-17(10)13(18)19/h1-3,10-11,16,20H,4-7H2,(H,18,19)/t10-,11+/m0/s1. The Morgan fingerprint density at radius 2 is 2.25 bits per heavy atom. The van der Waals surface area contributed by atoms with Gasteiger partial charge in [-0.1, -0.05) is 0 Å². The Kier molecular flexibility index (Phi) is 4.82. The van der Waals surface area contributed by atoms with Gasteiger partial charge in [0.05, 0.1) is 0 Å². The van der Waals surface area contributed by atoms with Crippen LogP contribution in [0.5, 0.6) is 0 Å². The molecule has 7 heteroatoms. The Morgan fingerprint density at radius 1 is 1.50 bits per heavy atom. The summed E-state index contributed by atoms with van der Waals surface area (Å²) in [4.78, 5) is 12.4. The predicted octanol–water partition coefficient (Wildman–Crippen LogP) is 2.11. The molecule has 0 spiro atoms. The Labute approximate surface area is 121 Å². The van der Waals surface area contributed by atoms with Crippen molar-refractivity contribution >= 4 is 18.7 Å². The van der Waals surface area contributed by atoms with Crippen LogP contribution in [0.15, 0.2) is 18.2 Å². The minimum atomic E-state index is -0.981. The van der Waals surface area contributed by atoms with E-state index in [4.69, 9.17) is 5.11 Å². The zero-order valence-electron chi connectivity index (χ0n) is 10.7. The van der Waals surface area contributed by atoms with Crippen LogP contribution in [0.2, 0.25) is 0 Å². The molecule has 20 heavy (non-hydrogen) atoms. The summed E-state index contributed by atoms with van der Waals surface area (Å²) in [5.41, 5.74) is 0.229. The van der Waals surface area contributed by atoms with Crippen molar-refractivity contribution in [3.63, 3.8) is 0 Å². The second kappa shape index (κ2) is 6.41. The van der Waals surface area contributed by atoms with Gasteiger partial charge >= 0.3 is 6.09 Å².